The minimum atomic E-state index is -2.74. The fourth-order valence-corrected chi connectivity index (χ4v) is 3.44. The first-order valence-electron chi connectivity index (χ1n) is 8.36. The van der Waals surface area contributed by atoms with Crippen LogP contribution in [0.1, 0.15) is 52.4 Å². The van der Waals surface area contributed by atoms with Crippen LogP contribution in [0.25, 0.3) is 0 Å². The van der Waals surface area contributed by atoms with E-state index in [0.29, 0.717) is 43.5 Å². The Morgan fingerprint density at radius 1 is 1.40 bits per heavy atom. The Morgan fingerprint density at radius 3 is 2.96 bits per heavy atom. The number of carbonyl (C=O) groups is 1. The number of carbonyl (C=O) groups excluding carboxylic acids is 1. The summed E-state index contributed by atoms with van der Waals surface area (Å²) in [6, 6.07) is 2.98. The second-order valence-electron chi connectivity index (χ2n) is 6.47. The molecule has 1 amide bonds. The van der Waals surface area contributed by atoms with Gasteiger partial charge >= 0.3 is 6.55 Å². The summed E-state index contributed by atoms with van der Waals surface area (Å²) in [5, 5.41) is 0. The van der Waals surface area contributed by atoms with Crippen molar-refractivity contribution in [2.75, 3.05) is 19.8 Å². The van der Waals surface area contributed by atoms with Crippen molar-refractivity contribution in [3.8, 4) is 0 Å². The molecule has 2 aromatic heterocycles. The summed E-state index contributed by atoms with van der Waals surface area (Å²) in [4.78, 5) is 18.8. The normalized spacial score (nSPS) is 20.3. The molecule has 134 valence electrons. The van der Waals surface area contributed by atoms with E-state index in [-0.39, 0.29) is 18.2 Å². The van der Waals surface area contributed by atoms with Crippen molar-refractivity contribution in [2.45, 2.75) is 38.8 Å². The minimum Gasteiger partial charge on any atom is -0.445 e. The Hall–Kier alpha value is -2.22. The molecule has 4 rings (SSSR count). The van der Waals surface area contributed by atoms with E-state index in [1.807, 2.05) is 0 Å². The number of ether oxygens (including phenoxy) is 1. The highest BCUT2D eigenvalue weighted by Gasteiger charge is 2.31. The molecule has 0 aliphatic carbocycles. The average Bonchev–Trinajstić information content (AvgIpc) is 3.31. The highest BCUT2D eigenvalue weighted by atomic mass is 19.3. The third-order valence-electron chi connectivity index (χ3n) is 4.85. The molecule has 1 saturated heterocycles. The first kappa shape index (κ1) is 16.3. The van der Waals surface area contributed by atoms with Crippen LogP contribution in [0.5, 0.6) is 0 Å². The molecule has 2 aliphatic rings. The fraction of sp³-hybridized carbons (Fsp3) is 0.529. The number of aromatic nitrogens is 2. The summed E-state index contributed by atoms with van der Waals surface area (Å²) in [7, 11) is 0. The van der Waals surface area contributed by atoms with Gasteiger partial charge in [-0.2, -0.15) is 8.78 Å². The van der Waals surface area contributed by atoms with Crippen molar-refractivity contribution >= 4 is 5.91 Å². The minimum absolute atomic E-state index is 0.00358. The van der Waals surface area contributed by atoms with E-state index in [2.05, 4.69) is 4.98 Å². The largest absolute Gasteiger partial charge is 0.445 e. The Bertz CT molecular complexity index is 793. The topological polar surface area (TPSA) is 60.5 Å². The van der Waals surface area contributed by atoms with E-state index in [1.165, 1.54) is 12.1 Å². The van der Waals surface area contributed by atoms with Crippen molar-refractivity contribution in [3.05, 3.63) is 40.9 Å². The van der Waals surface area contributed by atoms with E-state index in [1.54, 1.807) is 11.8 Å². The Balaban J connectivity index is 1.55. The molecule has 8 heteroatoms. The Morgan fingerprint density at radius 2 is 2.24 bits per heavy atom. The van der Waals surface area contributed by atoms with Crippen molar-refractivity contribution < 1.29 is 22.7 Å². The number of rotatable bonds is 3. The molecule has 25 heavy (non-hydrogen) atoms. The van der Waals surface area contributed by atoms with E-state index in [9.17, 15) is 13.6 Å². The zero-order valence-corrected chi connectivity index (χ0v) is 13.9. The second-order valence-corrected chi connectivity index (χ2v) is 6.47. The van der Waals surface area contributed by atoms with Crippen molar-refractivity contribution in [3.63, 3.8) is 0 Å². The summed E-state index contributed by atoms with van der Waals surface area (Å²) in [5.74, 6) is 1.19. The van der Waals surface area contributed by atoms with Gasteiger partial charge in [-0.05, 0) is 25.5 Å². The monoisotopic (exact) mass is 351 g/mol. The molecule has 0 N–H and O–H groups in total. The maximum absolute atomic E-state index is 13.2. The van der Waals surface area contributed by atoms with E-state index >= 15 is 0 Å². The van der Waals surface area contributed by atoms with Gasteiger partial charge in [-0.1, -0.05) is 0 Å². The number of amides is 1. The first-order chi connectivity index (χ1) is 12.0. The molecule has 0 saturated carbocycles. The van der Waals surface area contributed by atoms with Crippen molar-refractivity contribution in [1.29, 1.82) is 0 Å². The van der Waals surface area contributed by atoms with E-state index < -0.39 is 12.5 Å². The van der Waals surface area contributed by atoms with Gasteiger partial charge in [-0.3, -0.25) is 9.36 Å². The van der Waals surface area contributed by atoms with Gasteiger partial charge < -0.3 is 14.1 Å². The molecule has 1 atom stereocenters. The Kier molecular flexibility index (Phi) is 4.07. The van der Waals surface area contributed by atoms with Crippen molar-refractivity contribution in [2.24, 2.45) is 0 Å². The molecular weight excluding hydrogens is 332 g/mol. The number of aryl methyl sites for hydroxylation is 1. The molecule has 6 nitrogen and oxygen atoms in total. The van der Waals surface area contributed by atoms with Gasteiger partial charge in [0.2, 0.25) is 0 Å². The maximum atomic E-state index is 13.2. The average molecular weight is 351 g/mol. The fourth-order valence-electron chi connectivity index (χ4n) is 3.44. The van der Waals surface area contributed by atoms with Gasteiger partial charge in [0, 0.05) is 25.3 Å². The lowest BCUT2D eigenvalue weighted by Gasteiger charge is -2.26. The number of oxazole rings is 1. The molecule has 4 heterocycles. The van der Waals surface area contributed by atoms with Crippen LogP contribution in [-0.2, 0) is 17.7 Å². The van der Waals surface area contributed by atoms with Crippen LogP contribution in [0.2, 0.25) is 0 Å². The lowest BCUT2D eigenvalue weighted by molar-refractivity contribution is 0.0538. The van der Waals surface area contributed by atoms with Crippen LogP contribution >= 0.6 is 0 Å². The number of nitrogens with zero attached hydrogens (tertiary/aromatic N) is 3. The zero-order chi connectivity index (χ0) is 17.6. The van der Waals surface area contributed by atoms with Gasteiger partial charge in [-0.25, -0.2) is 4.98 Å². The molecule has 0 radical (unpaired) electrons. The van der Waals surface area contributed by atoms with Crippen molar-refractivity contribution in [1.82, 2.24) is 14.5 Å². The maximum Gasteiger partial charge on any atom is 0.319 e. The van der Waals surface area contributed by atoms with Crippen LogP contribution < -0.4 is 0 Å². The van der Waals surface area contributed by atoms with Crippen LogP contribution in [0, 0.1) is 6.92 Å². The summed E-state index contributed by atoms with van der Waals surface area (Å²) in [6.07, 6.45) is 1.42. The quantitative estimate of drug-likeness (QED) is 0.853. The molecule has 2 aromatic rings. The summed E-state index contributed by atoms with van der Waals surface area (Å²) < 4.78 is 38.4. The third-order valence-corrected chi connectivity index (χ3v) is 4.85. The Labute approximate surface area is 143 Å². The van der Waals surface area contributed by atoms with Gasteiger partial charge in [0.05, 0.1) is 19.1 Å². The molecule has 1 fully saturated rings. The van der Waals surface area contributed by atoms with Gasteiger partial charge in [0.1, 0.15) is 17.1 Å². The van der Waals surface area contributed by atoms with Gasteiger partial charge in [-0.15, -0.1) is 0 Å². The molecule has 0 aromatic carbocycles. The van der Waals surface area contributed by atoms with Crippen LogP contribution in [0.3, 0.4) is 0 Å². The predicted molar refractivity (Wildman–Crippen MR) is 83.5 cm³/mol. The zero-order valence-electron chi connectivity index (χ0n) is 13.9. The molecule has 0 bridgehead atoms. The van der Waals surface area contributed by atoms with Crippen LogP contribution in [0.15, 0.2) is 16.5 Å². The molecular formula is C17H19F2N3O3. The molecule has 1 unspecified atom stereocenters. The third kappa shape index (κ3) is 2.84. The van der Waals surface area contributed by atoms with Crippen LogP contribution in [-0.4, -0.2) is 40.1 Å². The summed E-state index contributed by atoms with van der Waals surface area (Å²) >= 11 is 0. The molecule has 0 spiro atoms. The number of alkyl halides is 2. The SMILES string of the molecule is Cc1ccc(C(=O)N2CCc3oc(C4CCOC4)nc3C2)n1C(F)F. The lowest BCUT2D eigenvalue weighted by Crippen LogP contribution is -2.37. The molecule has 2 aliphatic heterocycles. The second kappa shape index (κ2) is 6.25. The number of fused-ring (bicyclic) bond motifs is 1. The number of halogens is 2. The number of hydrogen-bond donors (Lipinski definition) is 0. The number of hydrogen-bond acceptors (Lipinski definition) is 4. The van der Waals surface area contributed by atoms with Gasteiger partial charge in [0.25, 0.3) is 5.91 Å². The van der Waals surface area contributed by atoms with E-state index in [4.69, 9.17) is 9.15 Å². The predicted octanol–water partition coefficient (Wildman–Crippen LogP) is 2.88. The first-order valence-corrected chi connectivity index (χ1v) is 8.36. The van der Waals surface area contributed by atoms with Gasteiger partial charge in [0.15, 0.2) is 5.89 Å². The standard InChI is InChI=1S/C17H19F2N3O3/c1-10-2-3-13(22(10)17(18)19)16(23)21-6-4-14-12(8-21)20-15(25-14)11-5-7-24-9-11/h2-3,11,17H,4-9H2,1H3. The van der Waals surface area contributed by atoms with Crippen LogP contribution in [0.4, 0.5) is 8.78 Å². The summed E-state index contributed by atoms with van der Waals surface area (Å²) in [6.45, 7) is 0.823. The highest BCUT2D eigenvalue weighted by molar-refractivity contribution is 5.93. The van der Waals surface area contributed by atoms with E-state index in [0.717, 1.165) is 16.7 Å². The lowest BCUT2D eigenvalue weighted by atomic mass is 10.1. The summed E-state index contributed by atoms with van der Waals surface area (Å²) in [5.41, 5.74) is 1.08. The highest BCUT2D eigenvalue weighted by Crippen LogP contribution is 2.29. The smallest absolute Gasteiger partial charge is 0.319 e.